The van der Waals surface area contributed by atoms with Crippen LogP contribution >= 0.6 is 0 Å². The summed E-state index contributed by atoms with van der Waals surface area (Å²) in [4.78, 5) is 0. The van der Waals surface area contributed by atoms with Gasteiger partial charge in [-0.25, -0.2) is 4.39 Å². The highest BCUT2D eigenvalue weighted by Gasteiger charge is 2.14. The Bertz CT molecular complexity index is 279. The molecule has 1 aliphatic heterocycles. The molecule has 0 amide bonds. The van der Waals surface area contributed by atoms with Crippen LogP contribution in [0.3, 0.4) is 0 Å². The molecule has 1 saturated heterocycles. The topological polar surface area (TPSA) is 12.0 Å². The van der Waals surface area contributed by atoms with E-state index in [-0.39, 0.29) is 5.82 Å². The molecule has 1 fully saturated rings. The van der Waals surface area contributed by atoms with Gasteiger partial charge in [0.1, 0.15) is 5.82 Å². The Kier molecular flexibility index (Phi) is 2.60. The fourth-order valence-corrected chi connectivity index (χ4v) is 1.86. The molecule has 0 aliphatic carbocycles. The minimum absolute atomic E-state index is 0.134. The molecule has 0 unspecified atom stereocenters. The first kappa shape index (κ1) is 8.70. The third-order valence-electron chi connectivity index (χ3n) is 2.56. The predicted molar refractivity (Wildman–Crippen MR) is 51.0 cm³/mol. The number of rotatable bonds is 1. The summed E-state index contributed by atoms with van der Waals surface area (Å²) in [6.07, 6.45) is 3.61. The third kappa shape index (κ3) is 2.07. The van der Waals surface area contributed by atoms with Crippen LogP contribution in [0.25, 0.3) is 0 Å². The van der Waals surface area contributed by atoms with Crippen LogP contribution in [0.5, 0.6) is 0 Å². The van der Waals surface area contributed by atoms with Gasteiger partial charge in [0.25, 0.3) is 0 Å². The summed E-state index contributed by atoms with van der Waals surface area (Å²) in [6.45, 7) is 1.06. The molecule has 1 heterocycles. The van der Waals surface area contributed by atoms with Gasteiger partial charge in [-0.15, -0.1) is 0 Å². The van der Waals surface area contributed by atoms with Gasteiger partial charge in [-0.3, -0.25) is 0 Å². The van der Waals surface area contributed by atoms with E-state index >= 15 is 0 Å². The van der Waals surface area contributed by atoms with Gasteiger partial charge < -0.3 is 5.32 Å². The van der Waals surface area contributed by atoms with Gasteiger partial charge in [-0.2, -0.15) is 0 Å². The highest BCUT2D eigenvalue weighted by molar-refractivity contribution is 5.20. The monoisotopic (exact) mass is 179 g/mol. The molecule has 0 aromatic heterocycles. The van der Waals surface area contributed by atoms with Gasteiger partial charge in [0.2, 0.25) is 0 Å². The molecule has 2 rings (SSSR count). The zero-order valence-electron chi connectivity index (χ0n) is 7.59. The maximum Gasteiger partial charge on any atom is 0.123 e. The van der Waals surface area contributed by atoms with E-state index in [9.17, 15) is 4.39 Å². The first-order valence-corrected chi connectivity index (χ1v) is 4.85. The van der Waals surface area contributed by atoms with Crippen LogP contribution < -0.4 is 5.32 Å². The number of hydrogen-bond donors (Lipinski definition) is 1. The Morgan fingerprint density at radius 1 is 1.31 bits per heavy atom. The second kappa shape index (κ2) is 3.88. The molecule has 1 N–H and O–H groups in total. The van der Waals surface area contributed by atoms with Crippen LogP contribution in [-0.4, -0.2) is 6.54 Å². The summed E-state index contributed by atoms with van der Waals surface area (Å²) < 4.78 is 12.9. The fraction of sp³-hybridized carbons (Fsp3) is 0.455. The summed E-state index contributed by atoms with van der Waals surface area (Å²) in [5.41, 5.74) is 1.08. The normalized spacial score (nSPS) is 23.0. The molecule has 1 aliphatic rings. The Morgan fingerprint density at radius 3 is 2.92 bits per heavy atom. The largest absolute Gasteiger partial charge is 0.310 e. The molecule has 1 atom stereocenters. The number of nitrogens with one attached hydrogen (secondary N) is 1. The van der Waals surface area contributed by atoms with Crippen LogP contribution in [0.1, 0.15) is 30.9 Å². The molecule has 1 aromatic rings. The standard InChI is InChI=1S/C11H14FN/c12-10-5-3-4-9(8-10)11-6-1-2-7-13-11/h3-5,8,11,13H,1-2,6-7H2/t11-/m1/s1. The predicted octanol–water partition coefficient (Wildman–Crippen LogP) is 2.64. The van der Waals surface area contributed by atoms with Crippen molar-refractivity contribution in [2.24, 2.45) is 0 Å². The van der Waals surface area contributed by atoms with Gasteiger partial charge in [-0.05, 0) is 37.1 Å². The molecule has 2 heteroatoms. The van der Waals surface area contributed by atoms with Crippen molar-refractivity contribution in [2.75, 3.05) is 6.54 Å². The van der Waals surface area contributed by atoms with Crippen molar-refractivity contribution in [1.82, 2.24) is 5.32 Å². The smallest absolute Gasteiger partial charge is 0.123 e. The molecule has 0 bridgehead atoms. The average Bonchev–Trinajstić information content (AvgIpc) is 2.19. The van der Waals surface area contributed by atoms with Gasteiger partial charge >= 0.3 is 0 Å². The highest BCUT2D eigenvalue weighted by Crippen LogP contribution is 2.22. The van der Waals surface area contributed by atoms with E-state index < -0.39 is 0 Å². The summed E-state index contributed by atoms with van der Waals surface area (Å²) in [6, 6.07) is 7.26. The summed E-state index contributed by atoms with van der Waals surface area (Å²) in [5.74, 6) is -0.134. The number of halogens is 1. The minimum Gasteiger partial charge on any atom is -0.310 e. The van der Waals surface area contributed by atoms with Crippen molar-refractivity contribution in [2.45, 2.75) is 25.3 Å². The third-order valence-corrected chi connectivity index (χ3v) is 2.56. The first-order valence-electron chi connectivity index (χ1n) is 4.85. The van der Waals surface area contributed by atoms with Crippen LogP contribution in [0, 0.1) is 5.82 Å². The van der Waals surface area contributed by atoms with E-state index in [1.165, 1.54) is 18.9 Å². The van der Waals surface area contributed by atoms with Crippen molar-refractivity contribution in [3.05, 3.63) is 35.6 Å². The second-order valence-corrected chi connectivity index (χ2v) is 3.56. The Hall–Kier alpha value is -0.890. The minimum atomic E-state index is -0.134. The molecule has 0 saturated carbocycles. The van der Waals surface area contributed by atoms with Gasteiger partial charge in [0.05, 0.1) is 0 Å². The van der Waals surface area contributed by atoms with Crippen LogP contribution in [0.2, 0.25) is 0 Å². The Balaban J connectivity index is 2.14. The number of benzene rings is 1. The summed E-state index contributed by atoms with van der Waals surface area (Å²) >= 11 is 0. The second-order valence-electron chi connectivity index (χ2n) is 3.56. The van der Waals surface area contributed by atoms with Gasteiger partial charge in [-0.1, -0.05) is 18.6 Å². The average molecular weight is 179 g/mol. The molecule has 0 spiro atoms. The maximum absolute atomic E-state index is 12.9. The number of hydrogen-bond acceptors (Lipinski definition) is 1. The van der Waals surface area contributed by atoms with Gasteiger partial charge in [0, 0.05) is 6.04 Å². The molecular formula is C11H14FN. The summed E-state index contributed by atoms with van der Waals surface area (Å²) in [7, 11) is 0. The zero-order valence-corrected chi connectivity index (χ0v) is 7.59. The van der Waals surface area contributed by atoms with E-state index in [0.717, 1.165) is 18.5 Å². The number of piperidine rings is 1. The lowest BCUT2D eigenvalue weighted by molar-refractivity contribution is 0.411. The molecule has 70 valence electrons. The lowest BCUT2D eigenvalue weighted by Gasteiger charge is -2.23. The fourth-order valence-electron chi connectivity index (χ4n) is 1.86. The lowest BCUT2D eigenvalue weighted by atomic mass is 9.98. The van der Waals surface area contributed by atoms with Crippen molar-refractivity contribution in [3.63, 3.8) is 0 Å². The lowest BCUT2D eigenvalue weighted by Crippen LogP contribution is -2.26. The van der Waals surface area contributed by atoms with E-state index in [4.69, 9.17) is 0 Å². The van der Waals surface area contributed by atoms with Gasteiger partial charge in [0.15, 0.2) is 0 Å². The van der Waals surface area contributed by atoms with Crippen molar-refractivity contribution in [3.8, 4) is 0 Å². The zero-order chi connectivity index (χ0) is 9.10. The highest BCUT2D eigenvalue weighted by atomic mass is 19.1. The van der Waals surface area contributed by atoms with Crippen LogP contribution in [-0.2, 0) is 0 Å². The van der Waals surface area contributed by atoms with E-state index in [1.807, 2.05) is 6.07 Å². The van der Waals surface area contributed by atoms with Crippen molar-refractivity contribution >= 4 is 0 Å². The van der Waals surface area contributed by atoms with E-state index in [1.54, 1.807) is 12.1 Å². The molecule has 1 nitrogen and oxygen atoms in total. The SMILES string of the molecule is Fc1cccc([C@H]2CCCCN2)c1. The quantitative estimate of drug-likeness (QED) is 0.698. The van der Waals surface area contributed by atoms with E-state index in [2.05, 4.69) is 5.32 Å². The molecular weight excluding hydrogens is 165 g/mol. The molecule has 13 heavy (non-hydrogen) atoms. The Morgan fingerprint density at radius 2 is 2.23 bits per heavy atom. The Labute approximate surface area is 78.0 Å². The van der Waals surface area contributed by atoms with Crippen LogP contribution in [0.15, 0.2) is 24.3 Å². The van der Waals surface area contributed by atoms with Crippen molar-refractivity contribution in [1.29, 1.82) is 0 Å². The maximum atomic E-state index is 12.9. The molecule has 0 radical (unpaired) electrons. The van der Waals surface area contributed by atoms with Crippen LogP contribution in [0.4, 0.5) is 4.39 Å². The van der Waals surface area contributed by atoms with E-state index in [0.29, 0.717) is 6.04 Å². The first-order chi connectivity index (χ1) is 6.36. The van der Waals surface area contributed by atoms with Crippen molar-refractivity contribution < 1.29 is 4.39 Å². The molecule has 1 aromatic carbocycles. The summed E-state index contributed by atoms with van der Waals surface area (Å²) in [5, 5.41) is 3.40.